The number of aromatic amines is 1. The highest BCUT2D eigenvalue weighted by molar-refractivity contribution is 7.80. The molecule has 0 bridgehead atoms. The number of hydrogen-bond acceptors (Lipinski definition) is 5. The van der Waals surface area contributed by atoms with E-state index in [1.54, 1.807) is 17.0 Å². The summed E-state index contributed by atoms with van der Waals surface area (Å²) < 4.78 is 3.77. The average Bonchev–Trinajstić information content (AvgIpc) is 3.32. The first-order chi connectivity index (χ1) is 13.0. The highest BCUT2D eigenvalue weighted by Gasteiger charge is 2.19. The van der Waals surface area contributed by atoms with Gasteiger partial charge in [-0.2, -0.15) is 0 Å². The Hall–Kier alpha value is -3.26. The Morgan fingerprint density at radius 1 is 1.15 bits per heavy atom. The summed E-state index contributed by atoms with van der Waals surface area (Å²) in [7, 11) is 1.95. The van der Waals surface area contributed by atoms with E-state index in [-0.39, 0.29) is 5.75 Å². The average molecular weight is 376 g/mol. The first-order valence-electron chi connectivity index (χ1n) is 8.40. The van der Waals surface area contributed by atoms with Crippen molar-refractivity contribution < 1.29 is 5.11 Å². The summed E-state index contributed by atoms with van der Waals surface area (Å²) in [6.07, 6.45) is 3.69. The van der Waals surface area contributed by atoms with E-state index >= 15 is 0 Å². The number of thiol groups is 1. The molecule has 3 aromatic heterocycles. The van der Waals surface area contributed by atoms with E-state index in [2.05, 4.69) is 32.8 Å². The summed E-state index contributed by atoms with van der Waals surface area (Å²) in [6.45, 7) is 2.02. The summed E-state index contributed by atoms with van der Waals surface area (Å²) >= 11 is 4.47. The normalized spacial score (nSPS) is 11.7. The number of phenolic OH excluding ortho intramolecular Hbond substituents is 1. The van der Waals surface area contributed by atoms with Crippen molar-refractivity contribution in [3.8, 4) is 22.8 Å². The minimum atomic E-state index is 0.130. The fraction of sp³-hybridized carbons (Fsp3) is 0.105. The van der Waals surface area contributed by atoms with Gasteiger partial charge in [0.25, 0.3) is 0 Å². The molecule has 2 aromatic carbocycles. The van der Waals surface area contributed by atoms with E-state index in [1.165, 1.54) is 0 Å². The van der Waals surface area contributed by atoms with Crippen molar-refractivity contribution in [2.45, 2.75) is 12.1 Å². The van der Waals surface area contributed by atoms with Crippen LogP contribution in [0.3, 0.4) is 0 Å². The van der Waals surface area contributed by atoms with Crippen molar-refractivity contribution in [1.82, 2.24) is 29.3 Å². The molecule has 0 radical (unpaired) electrons. The Morgan fingerprint density at radius 2 is 2.00 bits per heavy atom. The number of rotatable bonds is 2. The summed E-state index contributed by atoms with van der Waals surface area (Å²) in [5.41, 5.74) is 5.29. The predicted octanol–water partition coefficient (Wildman–Crippen LogP) is 3.61. The molecular weight excluding hydrogens is 360 g/mol. The Balaban J connectivity index is 1.75. The monoisotopic (exact) mass is 376 g/mol. The highest BCUT2D eigenvalue weighted by Crippen LogP contribution is 2.35. The minimum Gasteiger partial charge on any atom is -0.507 e. The second-order valence-corrected chi connectivity index (χ2v) is 6.97. The zero-order valence-corrected chi connectivity index (χ0v) is 15.6. The molecule has 27 heavy (non-hydrogen) atoms. The number of nitrogens with one attached hydrogen (secondary N) is 1. The Labute approximate surface area is 159 Å². The van der Waals surface area contributed by atoms with Gasteiger partial charge in [-0.15, -0.1) is 22.8 Å². The lowest BCUT2D eigenvalue weighted by Gasteiger charge is -2.10. The molecule has 0 fully saturated rings. The Kier molecular flexibility index (Phi) is 3.32. The van der Waals surface area contributed by atoms with Crippen LogP contribution in [-0.2, 0) is 7.05 Å². The van der Waals surface area contributed by atoms with Gasteiger partial charge in [-0.1, -0.05) is 0 Å². The first kappa shape index (κ1) is 16.0. The van der Waals surface area contributed by atoms with Gasteiger partial charge in [-0.25, -0.2) is 4.98 Å². The van der Waals surface area contributed by atoms with Crippen LogP contribution in [0.2, 0.25) is 0 Å². The number of aryl methyl sites for hydroxylation is 2. The lowest BCUT2D eigenvalue weighted by atomic mass is 10.1. The van der Waals surface area contributed by atoms with Crippen LogP contribution in [-0.4, -0.2) is 34.4 Å². The molecule has 0 unspecified atom stereocenters. The number of benzene rings is 2. The van der Waals surface area contributed by atoms with Crippen molar-refractivity contribution in [1.29, 1.82) is 0 Å². The first-order valence-corrected chi connectivity index (χ1v) is 8.84. The van der Waals surface area contributed by atoms with Crippen LogP contribution in [0.5, 0.6) is 5.75 Å². The molecule has 5 aromatic rings. The molecule has 0 aliphatic rings. The summed E-state index contributed by atoms with van der Waals surface area (Å²) in [4.78, 5) is 7.57. The van der Waals surface area contributed by atoms with Crippen molar-refractivity contribution >= 4 is 34.6 Å². The lowest BCUT2D eigenvalue weighted by molar-refractivity contribution is 0.477. The Morgan fingerprint density at radius 3 is 2.85 bits per heavy atom. The van der Waals surface area contributed by atoms with Gasteiger partial charge in [0.1, 0.15) is 5.75 Å². The van der Waals surface area contributed by atoms with E-state index in [9.17, 15) is 5.11 Å². The van der Waals surface area contributed by atoms with Crippen LogP contribution in [0.4, 0.5) is 0 Å². The Bertz CT molecular complexity index is 1330. The van der Waals surface area contributed by atoms with Gasteiger partial charge >= 0.3 is 0 Å². The van der Waals surface area contributed by atoms with Gasteiger partial charge in [0.2, 0.25) is 0 Å². The number of nitrogens with zero attached hydrogens (tertiary/aromatic N) is 5. The third-order valence-electron chi connectivity index (χ3n) is 4.86. The van der Waals surface area contributed by atoms with Crippen LogP contribution in [0.25, 0.3) is 39.0 Å². The second kappa shape index (κ2) is 5.62. The molecule has 0 atom stereocenters. The number of fused-ring (bicyclic) bond motifs is 2. The predicted molar refractivity (Wildman–Crippen MR) is 107 cm³/mol. The molecule has 0 amide bonds. The zero-order valence-electron chi connectivity index (χ0n) is 14.7. The van der Waals surface area contributed by atoms with Gasteiger partial charge in [-0.05, 0) is 36.8 Å². The third-order valence-corrected chi connectivity index (χ3v) is 5.15. The third kappa shape index (κ3) is 2.33. The van der Waals surface area contributed by atoms with Crippen molar-refractivity contribution in [3.05, 3.63) is 48.4 Å². The highest BCUT2D eigenvalue weighted by atomic mass is 32.1. The van der Waals surface area contributed by atoms with Gasteiger partial charge in [0.15, 0.2) is 11.0 Å². The molecule has 0 aliphatic heterocycles. The van der Waals surface area contributed by atoms with Crippen molar-refractivity contribution in [2.24, 2.45) is 7.05 Å². The molecule has 5 rings (SSSR count). The topological polar surface area (TPSA) is 84.5 Å². The minimum absolute atomic E-state index is 0.130. The maximum absolute atomic E-state index is 10.6. The molecule has 0 saturated carbocycles. The summed E-state index contributed by atoms with van der Waals surface area (Å²) in [5, 5.41) is 20.4. The van der Waals surface area contributed by atoms with Crippen LogP contribution >= 0.6 is 12.6 Å². The number of H-pyrrole nitrogens is 1. The van der Waals surface area contributed by atoms with Gasteiger partial charge in [-0.3, -0.25) is 4.57 Å². The zero-order chi connectivity index (χ0) is 18.7. The number of phenols is 1. The van der Waals surface area contributed by atoms with Crippen LogP contribution < -0.4 is 0 Å². The van der Waals surface area contributed by atoms with Crippen molar-refractivity contribution in [3.63, 3.8) is 0 Å². The molecule has 3 heterocycles. The van der Waals surface area contributed by atoms with Gasteiger partial charge < -0.3 is 14.7 Å². The molecule has 0 aliphatic carbocycles. The SMILES string of the molecule is Cc1c[nH]c2cc(O)c(-c3nnc(S)n3-c3ccc4c(c3)ncn4C)cc12. The van der Waals surface area contributed by atoms with Crippen LogP contribution in [0.15, 0.2) is 48.0 Å². The van der Waals surface area contributed by atoms with Gasteiger partial charge in [0, 0.05) is 30.2 Å². The van der Waals surface area contributed by atoms with Gasteiger partial charge in [0.05, 0.1) is 28.6 Å². The standard InChI is InChI=1S/C19H16N6OS/c1-10-8-20-14-7-17(26)13(6-12(10)14)18-22-23-19(27)25(18)11-3-4-16-15(5-11)21-9-24(16)2/h3-9,20,26H,1-2H3,(H,23,27). The van der Waals surface area contributed by atoms with E-state index < -0.39 is 0 Å². The lowest BCUT2D eigenvalue weighted by Crippen LogP contribution is -1.99. The second-order valence-electron chi connectivity index (χ2n) is 6.57. The molecule has 7 nitrogen and oxygen atoms in total. The number of aromatic hydroxyl groups is 1. The molecular formula is C19H16N6OS. The quantitative estimate of drug-likeness (QED) is 0.411. The smallest absolute Gasteiger partial charge is 0.193 e. The number of imidazole rings is 1. The maximum atomic E-state index is 10.6. The van der Waals surface area contributed by atoms with E-state index in [1.807, 2.05) is 49.0 Å². The van der Waals surface area contributed by atoms with Crippen LogP contribution in [0.1, 0.15) is 5.56 Å². The number of hydrogen-bond donors (Lipinski definition) is 3. The molecule has 8 heteroatoms. The van der Waals surface area contributed by atoms with Crippen LogP contribution in [0, 0.1) is 6.92 Å². The van der Waals surface area contributed by atoms with Crippen molar-refractivity contribution in [2.75, 3.05) is 0 Å². The van der Waals surface area contributed by atoms with E-state index in [4.69, 9.17) is 0 Å². The molecule has 0 spiro atoms. The maximum Gasteiger partial charge on any atom is 0.193 e. The fourth-order valence-electron chi connectivity index (χ4n) is 3.43. The molecule has 134 valence electrons. The fourth-order valence-corrected chi connectivity index (χ4v) is 3.68. The summed E-state index contributed by atoms with van der Waals surface area (Å²) in [5.74, 6) is 0.653. The summed E-state index contributed by atoms with van der Waals surface area (Å²) in [6, 6.07) is 9.54. The van der Waals surface area contributed by atoms with E-state index in [0.717, 1.165) is 33.2 Å². The molecule has 2 N–H and O–H groups in total. The molecule has 0 saturated heterocycles. The number of aromatic nitrogens is 6. The van der Waals surface area contributed by atoms with E-state index in [0.29, 0.717) is 16.5 Å². The largest absolute Gasteiger partial charge is 0.507 e.